The number of fused-ring (bicyclic) bond motifs is 14. The highest BCUT2D eigenvalue weighted by Gasteiger charge is 2.26. The Morgan fingerprint density at radius 2 is 0.516 bits per heavy atom. The first-order valence-corrected chi connectivity index (χ1v) is 43.1. The van der Waals surface area contributed by atoms with Crippen LogP contribution in [0.25, 0.3) is 231 Å². The fourth-order valence-corrected chi connectivity index (χ4v) is 20.2. The van der Waals surface area contributed by atoms with Crippen LogP contribution in [0.1, 0.15) is 0 Å². The molecule has 0 saturated carbocycles. The summed E-state index contributed by atoms with van der Waals surface area (Å²) < 4.78 is 9.66. The molecule has 24 rings (SSSR count). The van der Waals surface area contributed by atoms with Gasteiger partial charge in [-0.25, -0.2) is 29.9 Å². The lowest BCUT2D eigenvalue weighted by atomic mass is 9.96. The van der Waals surface area contributed by atoms with E-state index in [1.54, 1.807) is 0 Å². The SMILES string of the molecule is c1ccc(-c2cccc(-c3cnc(-c4ccc5c(c4)sc4c5ccc5c4c4ccccc4n5-c4ccccc4)c(-c4nc(-c5ccccc5)nc(-c5ccccc5)n4)c3)c2)cc1.c1ccc(-c2cccc(-c3cnc(-c4cccc5c4sc4c5ccc5c4c4ccccc4n5-c4ccccc4)c(-c4nc(-c5ccccc5)nc(-c5ccccc5)n4)c3)c2)cc1. The number of aromatic nitrogens is 10. The minimum Gasteiger partial charge on any atom is -0.309 e. The third kappa shape index (κ3) is 13.2. The first kappa shape index (κ1) is 73.1. The molecule has 0 aliphatic heterocycles. The Hall–Kier alpha value is -16.1. The highest BCUT2D eigenvalue weighted by molar-refractivity contribution is 7.27. The second-order valence-electron chi connectivity index (χ2n) is 30.9. The monoisotopic (exact) mass is 1620 g/mol. The Kier molecular flexibility index (Phi) is 18.4. The topological polar surface area (TPSA) is 113 Å². The Balaban J connectivity index is 0.000000143. The summed E-state index contributed by atoms with van der Waals surface area (Å²) in [5.74, 6) is 3.55. The number of benzene rings is 16. The maximum atomic E-state index is 5.39. The molecule has 0 unspecified atom stereocenters. The highest BCUT2D eigenvalue weighted by atomic mass is 32.1. The summed E-state index contributed by atoms with van der Waals surface area (Å²) in [5.41, 5.74) is 24.7. The van der Waals surface area contributed by atoms with Crippen LogP contribution in [0.2, 0.25) is 0 Å². The molecule has 580 valence electrons. The van der Waals surface area contributed by atoms with Crippen molar-refractivity contribution in [2.45, 2.75) is 0 Å². The quantitative estimate of drug-likeness (QED) is 0.106. The van der Waals surface area contributed by atoms with E-state index in [0.717, 1.165) is 112 Å². The van der Waals surface area contributed by atoms with E-state index in [1.807, 2.05) is 169 Å². The van der Waals surface area contributed by atoms with Crippen molar-refractivity contribution in [2.75, 3.05) is 0 Å². The van der Waals surface area contributed by atoms with Crippen molar-refractivity contribution in [2.24, 2.45) is 0 Å². The van der Waals surface area contributed by atoms with Crippen LogP contribution in [0, 0.1) is 0 Å². The maximum Gasteiger partial charge on any atom is 0.166 e. The first-order valence-electron chi connectivity index (χ1n) is 41.4. The molecule has 124 heavy (non-hydrogen) atoms. The lowest BCUT2D eigenvalue weighted by Gasteiger charge is -2.14. The van der Waals surface area contributed by atoms with E-state index in [4.69, 9.17) is 39.9 Å². The third-order valence-electron chi connectivity index (χ3n) is 23.4. The van der Waals surface area contributed by atoms with Gasteiger partial charge in [-0.05, 0) is 112 Å². The molecule has 24 aromatic rings. The second kappa shape index (κ2) is 31.2. The Bertz CT molecular complexity index is 8090. The number of para-hydroxylation sites is 4. The number of nitrogens with zero attached hydrogens (tertiary/aromatic N) is 10. The van der Waals surface area contributed by atoms with Gasteiger partial charge in [-0.15, -0.1) is 22.7 Å². The molecule has 0 atom stereocenters. The van der Waals surface area contributed by atoms with Crippen molar-refractivity contribution in [1.82, 2.24) is 49.0 Å². The molecule has 0 spiro atoms. The molecule has 8 heterocycles. The molecule has 0 aliphatic rings. The van der Waals surface area contributed by atoms with E-state index in [9.17, 15) is 0 Å². The van der Waals surface area contributed by atoms with E-state index in [1.165, 1.54) is 84.0 Å². The standard InChI is InChI=1S/2C56H35N5S/c1-5-17-36(18-6-1)39-23-15-24-40(33-39)41-34-47(56-59-54(37-19-7-2-8-20-37)58-55(60-56)38-21-9-3-10-22-38)51(57-35-41)46-29-16-28-43-44-31-32-49-50(53(44)62-52(43)46)45-27-13-14-30-48(45)61(49)42-25-11-4-12-26-42;1-5-16-36(17-6-1)39-22-15-23-40(32-39)42-33-47(56-59-54(37-18-7-2-8-19-37)58-55(60-56)38-20-9-3-10-21-38)52(57-35-42)41-28-29-44-45-30-31-49-51(53(45)62-50(44)34-41)46-26-13-14-27-48(46)61(49)43-24-11-4-12-25-43/h2*1-35H. The van der Waals surface area contributed by atoms with Crippen molar-refractivity contribution in [3.8, 4) is 147 Å². The average Bonchev–Trinajstić information content (AvgIpc) is 1.56. The number of pyridine rings is 2. The van der Waals surface area contributed by atoms with Crippen molar-refractivity contribution in [3.63, 3.8) is 0 Å². The summed E-state index contributed by atoms with van der Waals surface area (Å²) in [7, 11) is 0. The average molecular weight is 1620 g/mol. The van der Waals surface area contributed by atoms with E-state index in [2.05, 4.69) is 288 Å². The van der Waals surface area contributed by atoms with Gasteiger partial charge in [0, 0.05) is 141 Å². The Labute approximate surface area is 722 Å². The van der Waals surface area contributed by atoms with Crippen LogP contribution in [0.5, 0.6) is 0 Å². The summed E-state index contributed by atoms with van der Waals surface area (Å²) in [6, 6.07) is 144. The molecule has 12 heteroatoms. The summed E-state index contributed by atoms with van der Waals surface area (Å²) in [6.45, 7) is 0. The normalized spacial score (nSPS) is 11.5. The molecule has 16 aromatic carbocycles. The molecule has 0 saturated heterocycles. The zero-order valence-electron chi connectivity index (χ0n) is 66.7. The van der Waals surface area contributed by atoms with Crippen LogP contribution < -0.4 is 0 Å². The van der Waals surface area contributed by atoms with Gasteiger partial charge >= 0.3 is 0 Å². The van der Waals surface area contributed by atoms with Crippen molar-refractivity contribution < 1.29 is 0 Å². The Morgan fingerprint density at radius 1 is 0.185 bits per heavy atom. The zero-order chi connectivity index (χ0) is 82.0. The Morgan fingerprint density at radius 3 is 0.968 bits per heavy atom. The fourth-order valence-electron chi connectivity index (χ4n) is 17.5. The van der Waals surface area contributed by atoms with E-state index in [-0.39, 0.29) is 0 Å². The molecule has 0 fully saturated rings. The fraction of sp³-hybridized carbons (Fsp3) is 0. The molecular formula is C112H70N10S2. The third-order valence-corrected chi connectivity index (χ3v) is 25.9. The van der Waals surface area contributed by atoms with E-state index in [0.29, 0.717) is 34.9 Å². The van der Waals surface area contributed by atoms with E-state index >= 15 is 0 Å². The van der Waals surface area contributed by atoms with Crippen LogP contribution in [0.4, 0.5) is 0 Å². The van der Waals surface area contributed by atoms with Gasteiger partial charge in [0.15, 0.2) is 34.9 Å². The summed E-state index contributed by atoms with van der Waals surface area (Å²) in [5, 5.41) is 9.91. The summed E-state index contributed by atoms with van der Waals surface area (Å²) in [6.07, 6.45) is 3.98. The number of rotatable bonds is 14. The predicted molar refractivity (Wildman–Crippen MR) is 515 cm³/mol. The number of thiophene rings is 2. The van der Waals surface area contributed by atoms with Gasteiger partial charge < -0.3 is 9.13 Å². The lowest BCUT2D eigenvalue weighted by molar-refractivity contribution is 1.07. The van der Waals surface area contributed by atoms with Crippen LogP contribution >= 0.6 is 22.7 Å². The minimum atomic E-state index is 0.563. The van der Waals surface area contributed by atoms with Gasteiger partial charge in [-0.1, -0.05) is 334 Å². The number of hydrogen-bond donors (Lipinski definition) is 0. The van der Waals surface area contributed by atoms with Gasteiger partial charge in [-0.2, -0.15) is 0 Å². The second-order valence-corrected chi connectivity index (χ2v) is 32.9. The van der Waals surface area contributed by atoms with Gasteiger partial charge in [0.2, 0.25) is 0 Å². The van der Waals surface area contributed by atoms with Crippen molar-refractivity contribution >= 4 is 107 Å². The van der Waals surface area contributed by atoms with Gasteiger partial charge in [0.05, 0.1) is 33.5 Å². The van der Waals surface area contributed by atoms with Gasteiger partial charge in [0.25, 0.3) is 0 Å². The van der Waals surface area contributed by atoms with E-state index < -0.39 is 0 Å². The van der Waals surface area contributed by atoms with Crippen molar-refractivity contribution in [3.05, 3.63) is 425 Å². The molecule has 0 N–H and O–H groups in total. The molecule has 0 aliphatic carbocycles. The number of hydrogen-bond acceptors (Lipinski definition) is 10. The summed E-state index contributed by atoms with van der Waals surface area (Å²) in [4.78, 5) is 41.7. The van der Waals surface area contributed by atoms with Gasteiger partial charge in [-0.3, -0.25) is 9.97 Å². The predicted octanol–water partition coefficient (Wildman–Crippen LogP) is 29.5. The summed E-state index contributed by atoms with van der Waals surface area (Å²) >= 11 is 3.68. The molecule has 0 amide bonds. The molecule has 10 nitrogen and oxygen atoms in total. The lowest BCUT2D eigenvalue weighted by Crippen LogP contribution is -2.02. The van der Waals surface area contributed by atoms with Crippen LogP contribution in [0.15, 0.2) is 425 Å². The molecule has 0 radical (unpaired) electrons. The van der Waals surface area contributed by atoms with Crippen LogP contribution in [-0.4, -0.2) is 49.0 Å². The van der Waals surface area contributed by atoms with Crippen LogP contribution in [-0.2, 0) is 0 Å². The van der Waals surface area contributed by atoms with Crippen molar-refractivity contribution in [1.29, 1.82) is 0 Å². The maximum absolute atomic E-state index is 5.39. The molecule has 0 bridgehead atoms. The first-order chi connectivity index (χ1) is 61.5. The molecular weight excluding hydrogens is 1550 g/mol. The highest BCUT2D eigenvalue weighted by Crippen LogP contribution is 2.50. The zero-order valence-corrected chi connectivity index (χ0v) is 68.3. The van der Waals surface area contributed by atoms with Gasteiger partial charge in [0.1, 0.15) is 0 Å². The smallest absolute Gasteiger partial charge is 0.166 e. The largest absolute Gasteiger partial charge is 0.309 e. The molecule has 8 aromatic heterocycles. The van der Waals surface area contributed by atoms with Crippen LogP contribution in [0.3, 0.4) is 0 Å². The minimum absolute atomic E-state index is 0.563.